The molecule has 19 heavy (non-hydrogen) atoms. The Kier molecular flexibility index (Phi) is 10.6. The summed E-state index contributed by atoms with van der Waals surface area (Å²) in [5, 5.41) is 0. The van der Waals surface area contributed by atoms with Crippen LogP contribution < -0.4 is 0 Å². The molecule has 0 aromatic carbocycles. The minimum Gasteiger partial charge on any atom is -0.462 e. The summed E-state index contributed by atoms with van der Waals surface area (Å²) in [5.74, 6) is -0.209. The fraction of sp³-hybridized carbons (Fsp3) is 0.824. The minimum absolute atomic E-state index is 0.154. The average Bonchev–Trinajstić information content (AvgIpc) is 2.40. The topological polar surface area (TPSA) is 26.3 Å². The molecule has 0 amide bonds. The number of esters is 1. The molecule has 0 rings (SSSR count). The third-order valence-electron chi connectivity index (χ3n) is 3.63. The third kappa shape index (κ3) is 9.75. The van der Waals surface area contributed by atoms with Crippen LogP contribution in [0.15, 0.2) is 12.2 Å². The highest BCUT2D eigenvalue weighted by Crippen LogP contribution is 2.31. The molecule has 0 aliphatic rings. The summed E-state index contributed by atoms with van der Waals surface area (Å²) in [4.78, 5) is 11.4. The first kappa shape index (κ1) is 18.2. The van der Waals surface area contributed by atoms with Crippen molar-refractivity contribution in [1.29, 1.82) is 0 Å². The van der Waals surface area contributed by atoms with E-state index in [1.165, 1.54) is 44.6 Å². The van der Waals surface area contributed by atoms with Crippen LogP contribution in [0.1, 0.15) is 79.1 Å². The maximum atomic E-state index is 11.4. The van der Waals surface area contributed by atoms with Crippen LogP contribution in [-0.4, -0.2) is 12.6 Å². The molecule has 0 fully saturated rings. The largest absolute Gasteiger partial charge is 0.462 e. The van der Waals surface area contributed by atoms with E-state index in [1.54, 1.807) is 6.08 Å². The first-order valence-electron chi connectivity index (χ1n) is 7.87. The van der Waals surface area contributed by atoms with Crippen molar-refractivity contribution < 1.29 is 9.53 Å². The molecule has 112 valence electrons. The molecule has 0 radical (unpaired) electrons. The van der Waals surface area contributed by atoms with E-state index in [-0.39, 0.29) is 11.4 Å². The number of rotatable bonds is 11. The Hall–Kier alpha value is -0.790. The fourth-order valence-electron chi connectivity index (χ4n) is 2.28. The zero-order chi connectivity index (χ0) is 14.6. The molecule has 0 spiro atoms. The molecule has 0 aromatic rings. The van der Waals surface area contributed by atoms with E-state index in [9.17, 15) is 4.79 Å². The van der Waals surface area contributed by atoms with E-state index in [0.717, 1.165) is 12.8 Å². The van der Waals surface area contributed by atoms with Gasteiger partial charge < -0.3 is 4.74 Å². The zero-order valence-corrected chi connectivity index (χ0v) is 13.3. The first-order chi connectivity index (χ1) is 9.08. The van der Waals surface area contributed by atoms with Gasteiger partial charge in [-0.05, 0) is 19.8 Å². The quantitative estimate of drug-likeness (QED) is 0.290. The predicted octanol–water partition coefficient (Wildman–Crippen LogP) is 5.27. The van der Waals surface area contributed by atoms with Gasteiger partial charge in [0, 0.05) is 11.5 Å². The van der Waals surface area contributed by atoms with Crippen LogP contribution in [0.4, 0.5) is 0 Å². The maximum Gasteiger partial charge on any atom is 0.330 e. The van der Waals surface area contributed by atoms with Gasteiger partial charge in [-0.2, -0.15) is 0 Å². The van der Waals surface area contributed by atoms with Crippen LogP contribution >= 0.6 is 0 Å². The lowest BCUT2D eigenvalue weighted by molar-refractivity contribution is -0.141. The summed E-state index contributed by atoms with van der Waals surface area (Å²) in [7, 11) is 0. The SMILES string of the molecule is C/C=C/C(=O)OCC(C)(CCCC)CCCCCC. The Morgan fingerprint density at radius 2 is 1.68 bits per heavy atom. The summed E-state index contributed by atoms with van der Waals surface area (Å²) < 4.78 is 5.38. The normalized spacial score (nSPS) is 14.5. The van der Waals surface area contributed by atoms with Crippen molar-refractivity contribution in [2.45, 2.75) is 79.1 Å². The number of carbonyl (C=O) groups excluding carboxylic acids is 1. The Bertz CT molecular complexity index is 258. The molecule has 1 atom stereocenters. The predicted molar refractivity (Wildman–Crippen MR) is 82.2 cm³/mol. The fourth-order valence-corrected chi connectivity index (χ4v) is 2.28. The molecule has 0 aliphatic heterocycles. The number of allylic oxidation sites excluding steroid dienone is 1. The monoisotopic (exact) mass is 268 g/mol. The molecular weight excluding hydrogens is 236 g/mol. The second kappa shape index (κ2) is 11.1. The average molecular weight is 268 g/mol. The molecular formula is C17H32O2. The van der Waals surface area contributed by atoms with Crippen molar-refractivity contribution in [3.63, 3.8) is 0 Å². The molecule has 0 N–H and O–H groups in total. The van der Waals surface area contributed by atoms with Crippen molar-refractivity contribution in [2.75, 3.05) is 6.61 Å². The Labute approximate surface area is 119 Å². The molecule has 0 saturated heterocycles. The second-order valence-corrected chi connectivity index (χ2v) is 5.83. The number of unbranched alkanes of at least 4 members (excludes halogenated alkanes) is 4. The molecule has 0 saturated carbocycles. The van der Waals surface area contributed by atoms with Crippen LogP contribution in [0.3, 0.4) is 0 Å². The van der Waals surface area contributed by atoms with Gasteiger partial charge >= 0.3 is 5.97 Å². The standard InChI is InChI=1S/C17H32O2/c1-5-8-10-11-14-17(4,13-9-6-2)15-19-16(18)12-7-3/h7,12H,5-6,8-11,13-15H2,1-4H3/b12-7+. The lowest BCUT2D eigenvalue weighted by Crippen LogP contribution is -2.25. The molecule has 2 nitrogen and oxygen atoms in total. The smallest absolute Gasteiger partial charge is 0.330 e. The number of carbonyl (C=O) groups is 1. The maximum absolute atomic E-state index is 11.4. The van der Waals surface area contributed by atoms with Gasteiger partial charge in [-0.3, -0.25) is 0 Å². The molecule has 0 aliphatic carbocycles. The Balaban J connectivity index is 4.20. The summed E-state index contributed by atoms with van der Waals surface area (Å²) in [6.45, 7) is 9.10. The van der Waals surface area contributed by atoms with Gasteiger partial charge in [0.25, 0.3) is 0 Å². The van der Waals surface area contributed by atoms with Gasteiger partial charge in [0.05, 0.1) is 6.61 Å². The van der Waals surface area contributed by atoms with Gasteiger partial charge in [-0.1, -0.05) is 65.4 Å². The van der Waals surface area contributed by atoms with Gasteiger partial charge in [0.2, 0.25) is 0 Å². The van der Waals surface area contributed by atoms with Gasteiger partial charge in [0.1, 0.15) is 0 Å². The zero-order valence-electron chi connectivity index (χ0n) is 13.3. The first-order valence-corrected chi connectivity index (χ1v) is 7.87. The van der Waals surface area contributed by atoms with E-state index < -0.39 is 0 Å². The Morgan fingerprint density at radius 1 is 1.05 bits per heavy atom. The van der Waals surface area contributed by atoms with Crippen molar-refractivity contribution in [1.82, 2.24) is 0 Å². The highest BCUT2D eigenvalue weighted by molar-refractivity contribution is 5.81. The van der Waals surface area contributed by atoms with Crippen LogP contribution in [0, 0.1) is 5.41 Å². The Morgan fingerprint density at radius 3 is 2.26 bits per heavy atom. The van der Waals surface area contributed by atoms with Gasteiger partial charge in [-0.15, -0.1) is 0 Å². The van der Waals surface area contributed by atoms with Crippen molar-refractivity contribution >= 4 is 5.97 Å². The third-order valence-corrected chi connectivity index (χ3v) is 3.63. The van der Waals surface area contributed by atoms with Crippen molar-refractivity contribution in [2.24, 2.45) is 5.41 Å². The lowest BCUT2D eigenvalue weighted by atomic mass is 9.80. The summed E-state index contributed by atoms with van der Waals surface area (Å²) in [6, 6.07) is 0. The number of ether oxygens (including phenoxy) is 1. The van der Waals surface area contributed by atoms with Gasteiger partial charge in [-0.25, -0.2) is 4.79 Å². The summed E-state index contributed by atoms with van der Waals surface area (Å²) in [6.07, 6.45) is 13.1. The van der Waals surface area contributed by atoms with E-state index in [1.807, 2.05) is 6.92 Å². The van der Waals surface area contributed by atoms with Gasteiger partial charge in [0.15, 0.2) is 0 Å². The number of hydrogen-bond acceptors (Lipinski definition) is 2. The molecule has 1 unspecified atom stereocenters. The second-order valence-electron chi connectivity index (χ2n) is 5.83. The van der Waals surface area contributed by atoms with Crippen LogP contribution in [0.2, 0.25) is 0 Å². The highest BCUT2D eigenvalue weighted by Gasteiger charge is 2.24. The van der Waals surface area contributed by atoms with Crippen LogP contribution in [0.5, 0.6) is 0 Å². The van der Waals surface area contributed by atoms with Crippen LogP contribution in [-0.2, 0) is 9.53 Å². The summed E-state index contributed by atoms with van der Waals surface area (Å²) in [5.41, 5.74) is 0.154. The minimum atomic E-state index is -0.209. The van der Waals surface area contributed by atoms with Crippen molar-refractivity contribution in [3.05, 3.63) is 12.2 Å². The molecule has 0 aromatic heterocycles. The van der Waals surface area contributed by atoms with E-state index in [4.69, 9.17) is 4.74 Å². The molecule has 2 heteroatoms. The van der Waals surface area contributed by atoms with Crippen molar-refractivity contribution in [3.8, 4) is 0 Å². The van der Waals surface area contributed by atoms with E-state index in [0.29, 0.717) is 6.61 Å². The number of hydrogen-bond donors (Lipinski definition) is 0. The molecule has 0 bridgehead atoms. The van der Waals surface area contributed by atoms with Crippen LogP contribution in [0.25, 0.3) is 0 Å². The lowest BCUT2D eigenvalue weighted by Gasteiger charge is -2.29. The van der Waals surface area contributed by atoms with E-state index in [2.05, 4.69) is 20.8 Å². The molecule has 0 heterocycles. The highest BCUT2D eigenvalue weighted by atomic mass is 16.5. The summed E-state index contributed by atoms with van der Waals surface area (Å²) >= 11 is 0. The van der Waals surface area contributed by atoms with E-state index >= 15 is 0 Å².